The number of halogens is 1. The van der Waals surface area contributed by atoms with Gasteiger partial charge in [-0.05, 0) is 31.1 Å². The van der Waals surface area contributed by atoms with Crippen molar-refractivity contribution >= 4 is 17.5 Å². The van der Waals surface area contributed by atoms with Gasteiger partial charge < -0.3 is 4.90 Å². The van der Waals surface area contributed by atoms with E-state index in [9.17, 15) is 4.79 Å². The van der Waals surface area contributed by atoms with Crippen LogP contribution in [0.15, 0.2) is 0 Å². The highest BCUT2D eigenvalue weighted by Crippen LogP contribution is 2.34. The highest BCUT2D eigenvalue weighted by molar-refractivity contribution is 6.27. The summed E-state index contributed by atoms with van der Waals surface area (Å²) in [6.07, 6.45) is 5.31. The van der Waals surface area contributed by atoms with E-state index >= 15 is 0 Å². The standard InChI is InChI=1S/C10H16ClNO/c11-5-10(13)12-6-8-2-1-3-9(4-8)7-12/h8-9H,1-7H2. The summed E-state index contributed by atoms with van der Waals surface area (Å²) in [5.74, 6) is 1.80. The molecule has 2 fully saturated rings. The second kappa shape index (κ2) is 3.87. The molecule has 3 heteroatoms. The molecule has 0 N–H and O–H groups in total. The lowest BCUT2D eigenvalue weighted by Gasteiger charge is -2.41. The van der Waals surface area contributed by atoms with E-state index in [1.54, 1.807) is 0 Å². The molecule has 1 aliphatic carbocycles. The van der Waals surface area contributed by atoms with Crippen LogP contribution in [0.2, 0.25) is 0 Å². The normalized spacial score (nSPS) is 33.2. The first-order valence-corrected chi connectivity index (χ1v) is 5.67. The van der Waals surface area contributed by atoms with Crippen LogP contribution >= 0.6 is 11.6 Å². The molecule has 2 rings (SSSR count). The number of hydrogen-bond donors (Lipinski definition) is 0. The first-order chi connectivity index (χ1) is 6.29. The van der Waals surface area contributed by atoms with E-state index in [0.717, 1.165) is 24.9 Å². The second-order valence-electron chi connectivity index (χ2n) is 4.33. The van der Waals surface area contributed by atoms with E-state index in [0.29, 0.717) is 0 Å². The number of piperidine rings is 1. The molecule has 2 nitrogen and oxygen atoms in total. The zero-order chi connectivity index (χ0) is 9.26. The van der Waals surface area contributed by atoms with Gasteiger partial charge in [0.15, 0.2) is 0 Å². The van der Waals surface area contributed by atoms with Gasteiger partial charge >= 0.3 is 0 Å². The van der Waals surface area contributed by atoms with Crippen LogP contribution in [0.25, 0.3) is 0 Å². The van der Waals surface area contributed by atoms with E-state index in [4.69, 9.17) is 11.6 Å². The van der Waals surface area contributed by atoms with Crippen LogP contribution in [0, 0.1) is 11.8 Å². The summed E-state index contributed by atoms with van der Waals surface area (Å²) in [7, 11) is 0. The maximum absolute atomic E-state index is 11.4. The van der Waals surface area contributed by atoms with Gasteiger partial charge in [-0.15, -0.1) is 11.6 Å². The van der Waals surface area contributed by atoms with Crippen LogP contribution in [0.5, 0.6) is 0 Å². The van der Waals surface area contributed by atoms with Gasteiger partial charge in [0.25, 0.3) is 0 Å². The molecule has 1 aliphatic heterocycles. The maximum Gasteiger partial charge on any atom is 0.237 e. The van der Waals surface area contributed by atoms with Crippen LogP contribution in [0.3, 0.4) is 0 Å². The van der Waals surface area contributed by atoms with Crippen LogP contribution in [-0.4, -0.2) is 29.8 Å². The molecular weight excluding hydrogens is 186 g/mol. The largest absolute Gasteiger partial charge is 0.341 e. The average Bonchev–Trinajstić information content (AvgIpc) is 2.16. The molecule has 2 aliphatic rings. The summed E-state index contributed by atoms with van der Waals surface area (Å²) < 4.78 is 0. The number of nitrogens with zero attached hydrogens (tertiary/aromatic N) is 1. The number of rotatable bonds is 1. The van der Waals surface area contributed by atoms with Gasteiger partial charge in [-0.1, -0.05) is 6.42 Å². The zero-order valence-corrected chi connectivity index (χ0v) is 8.59. The summed E-state index contributed by atoms with van der Waals surface area (Å²) >= 11 is 5.55. The predicted octanol–water partition coefficient (Wildman–Crippen LogP) is 1.87. The number of carbonyl (C=O) groups is 1. The molecule has 2 atom stereocenters. The maximum atomic E-state index is 11.4. The van der Waals surface area contributed by atoms with Crippen molar-refractivity contribution in [3.63, 3.8) is 0 Å². The van der Waals surface area contributed by atoms with E-state index in [-0.39, 0.29) is 11.8 Å². The Morgan fingerprint density at radius 3 is 2.46 bits per heavy atom. The Labute approximate surface area is 84.2 Å². The molecule has 0 aromatic heterocycles. The first kappa shape index (κ1) is 9.32. The molecule has 74 valence electrons. The average molecular weight is 202 g/mol. The van der Waals surface area contributed by atoms with Crippen molar-refractivity contribution in [1.29, 1.82) is 0 Å². The summed E-state index contributed by atoms with van der Waals surface area (Å²) in [5.41, 5.74) is 0. The SMILES string of the molecule is O=C(CCl)N1CC2CCCC(C2)C1. The molecule has 1 heterocycles. The lowest BCUT2D eigenvalue weighted by Crippen LogP contribution is -2.46. The Morgan fingerprint density at radius 2 is 1.92 bits per heavy atom. The molecule has 1 amide bonds. The molecule has 0 aromatic rings. The van der Waals surface area contributed by atoms with Crippen molar-refractivity contribution < 1.29 is 4.79 Å². The van der Waals surface area contributed by atoms with Crippen molar-refractivity contribution in [3.8, 4) is 0 Å². The topological polar surface area (TPSA) is 20.3 Å². The van der Waals surface area contributed by atoms with E-state index in [1.165, 1.54) is 25.7 Å². The lowest BCUT2D eigenvalue weighted by atomic mass is 9.78. The monoisotopic (exact) mass is 201 g/mol. The van der Waals surface area contributed by atoms with E-state index < -0.39 is 0 Å². The van der Waals surface area contributed by atoms with Crippen LogP contribution < -0.4 is 0 Å². The van der Waals surface area contributed by atoms with Crippen molar-refractivity contribution in [2.75, 3.05) is 19.0 Å². The second-order valence-corrected chi connectivity index (χ2v) is 4.60. The van der Waals surface area contributed by atoms with Crippen LogP contribution in [0.4, 0.5) is 0 Å². The Bertz CT molecular complexity index is 195. The fourth-order valence-electron chi connectivity index (χ4n) is 2.72. The number of likely N-dealkylation sites (tertiary alicyclic amines) is 1. The zero-order valence-electron chi connectivity index (χ0n) is 7.84. The van der Waals surface area contributed by atoms with Crippen LogP contribution in [0.1, 0.15) is 25.7 Å². The molecule has 0 radical (unpaired) electrons. The molecule has 13 heavy (non-hydrogen) atoms. The van der Waals surface area contributed by atoms with Gasteiger partial charge in [-0.3, -0.25) is 4.79 Å². The number of amides is 1. The summed E-state index contributed by atoms with van der Waals surface area (Å²) in [4.78, 5) is 13.4. The van der Waals surface area contributed by atoms with Crippen molar-refractivity contribution in [2.24, 2.45) is 11.8 Å². The molecule has 1 saturated heterocycles. The van der Waals surface area contributed by atoms with Crippen molar-refractivity contribution in [1.82, 2.24) is 4.90 Å². The molecular formula is C10H16ClNO. The lowest BCUT2D eigenvalue weighted by molar-refractivity contribution is -0.132. The van der Waals surface area contributed by atoms with E-state index in [2.05, 4.69) is 0 Å². The number of hydrogen-bond acceptors (Lipinski definition) is 1. The molecule has 0 aromatic carbocycles. The minimum atomic E-state index is 0.123. The first-order valence-electron chi connectivity index (χ1n) is 5.13. The highest BCUT2D eigenvalue weighted by Gasteiger charge is 2.31. The summed E-state index contributed by atoms with van der Waals surface area (Å²) in [5, 5.41) is 0. The Balaban J connectivity index is 1.97. The van der Waals surface area contributed by atoms with Gasteiger partial charge in [0.05, 0.1) is 0 Å². The Kier molecular flexibility index (Phi) is 2.77. The number of fused-ring (bicyclic) bond motifs is 2. The smallest absolute Gasteiger partial charge is 0.237 e. The van der Waals surface area contributed by atoms with Crippen molar-refractivity contribution in [3.05, 3.63) is 0 Å². The van der Waals surface area contributed by atoms with Crippen LogP contribution in [-0.2, 0) is 4.79 Å². The van der Waals surface area contributed by atoms with Crippen molar-refractivity contribution in [2.45, 2.75) is 25.7 Å². The molecule has 2 bridgehead atoms. The molecule has 1 saturated carbocycles. The van der Waals surface area contributed by atoms with Gasteiger partial charge in [0.1, 0.15) is 5.88 Å². The summed E-state index contributed by atoms with van der Waals surface area (Å²) in [6.45, 7) is 1.92. The number of alkyl halides is 1. The van der Waals surface area contributed by atoms with Gasteiger partial charge in [-0.2, -0.15) is 0 Å². The Morgan fingerprint density at radius 1 is 1.31 bits per heavy atom. The van der Waals surface area contributed by atoms with Gasteiger partial charge in [-0.25, -0.2) is 0 Å². The van der Waals surface area contributed by atoms with Gasteiger partial charge in [0, 0.05) is 13.1 Å². The minimum Gasteiger partial charge on any atom is -0.341 e. The highest BCUT2D eigenvalue weighted by atomic mass is 35.5. The third-order valence-electron chi connectivity index (χ3n) is 3.32. The quantitative estimate of drug-likeness (QED) is 0.594. The molecule has 2 unspecified atom stereocenters. The Hall–Kier alpha value is -0.240. The fourth-order valence-corrected chi connectivity index (χ4v) is 2.89. The van der Waals surface area contributed by atoms with E-state index in [1.807, 2.05) is 4.90 Å². The number of carbonyl (C=O) groups excluding carboxylic acids is 1. The third-order valence-corrected chi connectivity index (χ3v) is 3.54. The summed E-state index contributed by atoms with van der Waals surface area (Å²) in [6, 6.07) is 0. The molecule has 0 spiro atoms. The minimum absolute atomic E-state index is 0.123. The van der Waals surface area contributed by atoms with Gasteiger partial charge in [0.2, 0.25) is 5.91 Å². The fraction of sp³-hybridized carbons (Fsp3) is 0.900. The predicted molar refractivity (Wildman–Crippen MR) is 52.7 cm³/mol. The third kappa shape index (κ3) is 1.98.